The van der Waals surface area contributed by atoms with Crippen LogP contribution in [0, 0.1) is 13.8 Å². The van der Waals surface area contributed by atoms with Crippen molar-refractivity contribution in [2.24, 2.45) is 0 Å². The molecule has 0 unspecified atom stereocenters. The first-order valence-corrected chi connectivity index (χ1v) is 6.72. The number of aliphatic hydroxyl groups is 1. The van der Waals surface area contributed by atoms with E-state index in [0.29, 0.717) is 6.61 Å². The summed E-state index contributed by atoms with van der Waals surface area (Å²) in [6.07, 6.45) is 0. The lowest BCUT2D eigenvalue weighted by Crippen LogP contribution is -2.32. The van der Waals surface area contributed by atoms with Gasteiger partial charge < -0.3 is 19.3 Å². The Bertz CT molecular complexity index is 602. The van der Waals surface area contributed by atoms with Gasteiger partial charge in [0.05, 0.1) is 24.5 Å². The van der Waals surface area contributed by atoms with Crippen molar-refractivity contribution in [1.29, 1.82) is 0 Å². The van der Waals surface area contributed by atoms with Gasteiger partial charge in [0.25, 0.3) is 0 Å². The average Bonchev–Trinajstić information content (AvgIpc) is 2.79. The topological polar surface area (TPSA) is 58.7 Å². The van der Waals surface area contributed by atoms with E-state index in [-0.39, 0.29) is 6.61 Å². The highest BCUT2D eigenvalue weighted by Crippen LogP contribution is 2.34. The number of benzene rings is 1. The summed E-state index contributed by atoms with van der Waals surface area (Å²) >= 11 is 0. The summed E-state index contributed by atoms with van der Waals surface area (Å²) in [7, 11) is 0. The van der Waals surface area contributed by atoms with Crippen LogP contribution >= 0.6 is 0 Å². The van der Waals surface area contributed by atoms with Crippen molar-refractivity contribution in [2.75, 3.05) is 18.1 Å². The molecule has 5 nitrogen and oxygen atoms in total. The van der Waals surface area contributed by atoms with Crippen LogP contribution < -0.4 is 9.64 Å². The lowest BCUT2D eigenvalue weighted by atomic mass is 10.1. The van der Waals surface area contributed by atoms with E-state index in [2.05, 4.69) is 10.1 Å². The van der Waals surface area contributed by atoms with Gasteiger partial charge in [0.1, 0.15) is 18.1 Å². The SMILES string of the molecule is Cc1noc(C)c1CN1CCOc2cc(CO)ccc21. The highest BCUT2D eigenvalue weighted by molar-refractivity contribution is 5.61. The fourth-order valence-corrected chi connectivity index (χ4v) is 2.50. The molecule has 1 N–H and O–H groups in total. The number of rotatable bonds is 3. The fraction of sp³-hybridized carbons (Fsp3) is 0.400. The summed E-state index contributed by atoms with van der Waals surface area (Å²) < 4.78 is 10.9. The third-order valence-electron chi connectivity index (χ3n) is 3.70. The van der Waals surface area contributed by atoms with Crippen LogP contribution in [0.4, 0.5) is 5.69 Å². The second kappa shape index (κ2) is 5.17. The second-order valence-corrected chi connectivity index (χ2v) is 5.03. The summed E-state index contributed by atoms with van der Waals surface area (Å²) in [5.41, 5.74) is 3.97. The highest BCUT2D eigenvalue weighted by Gasteiger charge is 2.21. The number of nitrogens with zero attached hydrogens (tertiary/aromatic N) is 2. The number of hydrogen-bond acceptors (Lipinski definition) is 5. The molecular formula is C15H18N2O3. The predicted octanol–water partition coefficient (Wildman–Crippen LogP) is 2.18. The Morgan fingerprint density at radius 2 is 2.20 bits per heavy atom. The van der Waals surface area contributed by atoms with E-state index in [1.54, 1.807) is 0 Å². The smallest absolute Gasteiger partial charge is 0.143 e. The van der Waals surface area contributed by atoms with E-state index in [9.17, 15) is 5.11 Å². The minimum Gasteiger partial charge on any atom is -0.490 e. The van der Waals surface area contributed by atoms with Crippen molar-refractivity contribution in [3.05, 3.63) is 40.8 Å². The van der Waals surface area contributed by atoms with Gasteiger partial charge >= 0.3 is 0 Å². The van der Waals surface area contributed by atoms with Crippen LogP contribution in [0.15, 0.2) is 22.7 Å². The first-order chi connectivity index (χ1) is 9.69. The van der Waals surface area contributed by atoms with Gasteiger partial charge in [0.15, 0.2) is 0 Å². The average molecular weight is 274 g/mol. The Labute approximate surface area is 117 Å². The van der Waals surface area contributed by atoms with Gasteiger partial charge in [-0.05, 0) is 31.5 Å². The number of hydrogen-bond donors (Lipinski definition) is 1. The van der Waals surface area contributed by atoms with Gasteiger partial charge in [-0.3, -0.25) is 0 Å². The zero-order chi connectivity index (χ0) is 14.1. The van der Waals surface area contributed by atoms with Gasteiger partial charge in [-0.15, -0.1) is 0 Å². The molecule has 0 atom stereocenters. The Kier molecular flexibility index (Phi) is 3.36. The van der Waals surface area contributed by atoms with E-state index in [4.69, 9.17) is 9.26 Å². The minimum atomic E-state index is 0.0283. The van der Waals surface area contributed by atoms with Gasteiger partial charge in [0.2, 0.25) is 0 Å². The minimum absolute atomic E-state index is 0.0283. The van der Waals surface area contributed by atoms with Gasteiger partial charge in [0, 0.05) is 12.1 Å². The Hall–Kier alpha value is -2.01. The van der Waals surface area contributed by atoms with Crippen LogP contribution in [0.2, 0.25) is 0 Å². The standard InChI is InChI=1S/C15H18N2O3/c1-10-13(11(2)20-16-10)8-17-5-6-19-15-7-12(9-18)3-4-14(15)17/h3-4,7,18H,5-6,8-9H2,1-2H3. The lowest BCUT2D eigenvalue weighted by Gasteiger charge is -2.31. The summed E-state index contributed by atoms with van der Waals surface area (Å²) in [6.45, 7) is 6.16. The number of fused-ring (bicyclic) bond motifs is 1. The van der Waals surface area contributed by atoms with E-state index < -0.39 is 0 Å². The number of aryl methyl sites for hydroxylation is 2. The Balaban J connectivity index is 1.90. The van der Waals surface area contributed by atoms with Crippen LogP contribution in [0.3, 0.4) is 0 Å². The van der Waals surface area contributed by atoms with E-state index >= 15 is 0 Å². The first-order valence-electron chi connectivity index (χ1n) is 6.72. The number of anilines is 1. The number of aromatic nitrogens is 1. The molecule has 0 radical (unpaired) electrons. The van der Waals surface area contributed by atoms with Gasteiger partial charge in [-0.2, -0.15) is 0 Å². The summed E-state index contributed by atoms with van der Waals surface area (Å²) in [5, 5.41) is 13.2. The molecule has 1 aromatic carbocycles. The molecule has 0 amide bonds. The molecule has 1 aliphatic heterocycles. The summed E-state index contributed by atoms with van der Waals surface area (Å²) in [4.78, 5) is 2.26. The fourth-order valence-electron chi connectivity index (χ4n) is 2.50. The summed E-state index contributed by atoms with van der Waals surface area (Å²) in [6, 6.07) is 5.82. The molecular weight excluding hydrogens is 256 g/mol. The predicted molar refractivity (Wildman–Crippen MR) is 74.9 cm³/mol. The largest absolute Gasteiger partial charge is 0.490 e. The molecule has 2 aromatic rings. The molecule has 106 valence electrons. The monoisotopic (exact) mass is 274 g/mol. The maximum Gasteiger partial charge on any atom is 0.143 e. The molecule has 0 saturated heterocycles. The third kappa shape index (κ3) is 2.25. The molecule has 20 heavy (non-hydrogen) atoms. The van der Waals surface area contributed by atoms with Gasteiger partial charge in [-0.25, -0.2) is 0 Å². The van der Waals surface area contributed by atoms with Crippen molar-refractivity contribution < 1.29 is 14.4 Å². The van der Waals surface area contributed by atoms with Crippen LogP contribution in [-0.4, -0.2) is 23.4 Å². The Morgan fingerprint density at radius 3 is 2.90 bits per heavy atom. The third-order valence-corrected chi connectivity index (χ3v) is 3.70. The van der Waals surface area contributed by atoms with Crippen molar-refractivity contribution in [1.82, 2.24) is 5.16 Å². The maximum atomic E-state index is 9.20. The molecule has 5 heteroatoms. The van der Waals surface area contributed by atoms with Crippen LogP contribution in [0.25, 0.3) is 0 Å². The number of ether oxygens (including phenoxy) is 1. The van der Waals surface area contributed by atoms with Gasteiger partial charge in [-0.1, -0.05) is 11.2 Å². The second-order valence-electron chi connectivity index (χ2n) is 5.03. The number of aliphatic hydroxyl groups excluding tert-OH is 1. The first kappa shape index (κ1) is 13.0. The van der Waals surface area contributed by atoms with Crippen LogP contribution in [0.1, 0.15) is 22.6 Å². The van der Waals surface area contributed by atoms with E-state index in [0.717, 1.165) is 47.1 Å². The van der Waals surface area contributed by atoms with E-state index in [1.807, 2.05) is 32.0 Å². The molecule has 2 heterocycles. The van der Waals surface area contributed by atoms with Crippen LogP contribution in [0.5, 0.6) is 5.75 Å². The zero-order valence-electron chi connectivity index (χ0n) is 11.7. The van der Waals surface area contributed by atoms with Crippen molar-refractivity contribution in [3.8, 4) is 5.75 Å². The zero-order valence-corrected chi connectivity index (χ0v) is 11.7. The summed E-state index contributed by atoms with van der Waals surface area (Å²) in [5.74, 6) is 1.69. The normalized spacial score (nSPS) is 14.1. The molecule has 1 aliphatic rings. The van der Waals surface area contributed by atoms with Crippen molar-refractivity contribution >= 4 is 5.69 Å². The van der Waals surface area contributed by atoms with E-state index in [1.165, 1.54) is 0 Å². The molecule has 0 fully saturated rings. The lowest BCUT2D eigenvalue weighted by molar-refractivity contribution is 0.278. The molecule has 3 rings (SSSR count). The molecule has 0 bridgehead atoms. The van der Waals surface area contributed by atoms with Crippen molar-refractivity contribution in [3.63, 3.8) is 0 Å². The van der Waals surface area contributed by atoms with Crippen LogP contribution in [-0.2, 0) is 13.2 Å². The molecule has 0 saturated carbocycles. The molecule has 0 aliphatic carbocycles. The molecule has 0 spiro atoms. The molecule has 1 aromatic heterocycles. The quantitative estimate of drug-likeness (QED) is 0.929. The van der Waals surface area contributed by atoms with Crippen molar-refractivity contribution in [2.45, 2.75) is 27.0 Å². The maximum absolute atomic E-state index is 9.20. The Morgan fingerprint density at radius 1 is 1.35 bits per heavy atom. The highest BCUT2D eigenvalue weighted by atomic mass is 16.5.